The molecule has 104 valence electrons. The van der Waals surface area contributed by atoms with Gasteiger partial charge in [0.05, 0.1) is 18.9 Å². The van der Waals surface area contributed by atoms with Gasteiger partial charge in [-0.3, -0.25) is 9.59 Å². The maximum absolute atomic E-state index is 11.9. The number of nitrogens with zero attached hydrogens (tertiary/aromatic N) is 2. The second-order valence-electron chi connectivity index (χ2n) is 4.92. The van der Waals surface area contributed by atoms with E-state index in [1.54, 1.807) is 6.92 Å². The summed E-state index contributed by atoms with van der Waals surface area (Å²) in [5.74, 6) is -0.513. The van der Waals surface area contributed by atoms with Crippen LogP contribution in [0.3, 0.4) is 0 Å². The van der Waals surface area contributed by atoms with Gasteiger partial charge in [0, 0.05) is 30.4 Å². The summed E-state index contributed by atoms with van der Waals surface area (Å²) in [6.07, 6.45) is 1.37. The number of rotatable bonds is 2. The molecule has 5 nitrogen and oxygen atoms in total. The molecule has 0 unspecified atom stereocenters. The molecule has 1 saturated heterocycles. The fourth-order valence-corrected chi connectivity index (χ4v) is 2.47. The van der Waals surface area contributed by atoms with Crippen molar-refractivity contribution in [3.05, 3.63) is 35.9 Å². The lowest BCUT2D eigenvalue weighted by Gasteiger charge is -2.29. The van der Waals surface area contributed by atoms with Crippen LogP contribution in [-0.4, -0.2) is 38.1 Å². The van der Waals surface area contributed by atoms with Crippen LogP contribution in [0.4, 0.5) is 11.4 Å². The predicted octanol–water partition coefficient (Wildman–Crippen LogP) is 1.34. The van der Waals surface area contributed by atoms with Crippen molar-refractivity contribution in [3.63, 3.8) is 0 Å². The predicted molar refractivity (Wildman–Crippen MR) is 75.7 cm³/mol. The van der Waals surface area contributed by atoms with Crippen LogP contribution in [-0.2, 0) is 14.3 Å². The first-order chi connectivity index (χ1) is 9.66. The lowest BCUT2D eigenvalue weighted by atomic mass is 10.2. The second kappa shape index (κ2) is 5.09. The minimum atomic E-state index is -0.272. The zero-order valence-electron chi connectivity index (χ0n) is 11.3. The number of imide groups is 1. The molecule has 1 fully saturated rings. The Hall–Kier alpha value is -2.14. The van der Waals surface area contributed by atoms with E-state index >= 15 is 0 Å². The first-order valence-electron chi connectivity index (χ1n) is 6.66. The van der Waals surface area contributed by atoms with Crippen LogP contribution in [0, 0.1) is 0 Å². The molecule has 2 aliphatic heterocycles. The SMILES string of the molecule is CC1=CC(=O)N(c2ccc(N3CCOCC3)cc2)C1=O. The Bertz CT molecular complexity index is 571. The minimum absolute atomic E-state index is 0.242. The lowest BCUT2D eigenvalue weighted by molar-refractivity contribution is -0.120. The van der Waals surface area contributed by atoms with Crippen LogP contribution in [0.1, 0.15) is 6.92 Å². The molecule has 20 heavy (non-hydrogen) atoms. The topological polar surface area (TPSA) is 49.9 Å². The summed E-state index contributed by atoms with van der Waals surface area (Å²) >= 11 is 0. The summed E-state index contributed by atoms with van der Waals surface area (Å²) in [7, 11) is 0. The molecular formula is C15H16N2O3. The molecule has 0 saturated carbocycles. The zero-order valence-corrected chi connectivity index (χ0v) is 11.3. The van der Waals surface area contributed by atoms with Crippen LogP contribution >= 0.6 is 0 Å². The van der Waals surface area contributed by atoms with Crippen molar-refractivity contribution < 1.29 is 14.3 Å². The molecule has 3 rings (SSSR count). The number of carbonyl (C=O) groups excluding carboxylic acids is 2. The number of carbonyl (C=O) groups is 2. The average Bonchev–Trinajstić information content (AvgIpc) is 2.73. The summed E-state index contributed by atoms with van der Waals surface area (Å²) in [5, 5.41) is 0. The van der Waals surface area contributed by atoms with Crippen molar-refractivity contribution in [2.45, 2.75) is 6.92 Å². The maximum atomic E-state index is 11.9. The van der Waals surface area contributed by atoms with Crippen molar-refractivity contribution in [3.8, 4) is 0 Å². The first kappa shape index (κ1) is 12.9. The van der Waals surface area contributed by atoms with Crippen LogP contribution in [0.25, 0.3) is 0 Å². The maximum Gasteiger partial charge on any atom is 0.261 e. The summed E-state index contributed by atoms with van der Waals surface area (Å²) in [4.78, 5) is 27.1. The Kier molecular flexibility index (Phi) is 3.28. The Labute approximate surface area is 117 Å². The number of benzene rings is 1. The van der Waals surface area contributed by atoms with E-state index in [1.165, 1.54) is 11.0 Å². The van der Waals surface area contributed by atoms with Gasteiger partial charge in [0.15, 0.2) is 0 Å². The van der Waals surface area contributed by atoms with Crippen molar-refractivity contribution in [1.29, 1.82) is 0 Å². The van der Waals surface area contributed by atoms with E-state index in [0.29, 0.717) is 11.3 Å². The van der Waals surface area contributed by atoms with Crippen molar-refractivity contribution in [2.24, 2.45) is 0 Å². The lowest BCUT2D eigenvalue weighted by Crippen LogP contribution is -2.36. The molecular weight excluding hydrogens is 256 g/mol. The first-order valence-corrected chi connectivity index (χ1v) is 6.66. The van der Waals surface area contributed by atoms with Crippen LogP contribution in [0.15, 0.2) is 35.9 Å². The number of morpholine rings is 1. The Balaban J connectivity index is 1.80. The number of anilines is 2. The van der Waals surface area contributed by atoms with Gasteiger partial charge in [0.2, 0.25) is 0 Å². The van der Waals surface area contributed by atoms with Gasteiger partial charge in [-0.25, -0.2) is 4.90 Å². The highest BCUT2D eigenvalue weighted by Crippen LogP contribution is 2.25. The third kappa shape index (κ3) is 2.20. The third-order valence-corrected chi connectivity index (χ3v) is 3.58. The average molecular weight is 272 g/mol. The molecule has 5 heteroatoms. The molecule has 0 aliphatic carbocycles. The molecule has 1 aromatic carbocycles. The molecule has 0 bridgehead atoms. The van der Waals surface area contributed by atoms with Gasteiger partial charge in [-0.15, -0.1) is 0 Å². The van der Waals surface area contributed by atoms with Gasteiger partial charge in [0.25, 0.3) is 11.8 Å². The van der Waals surface area contributed by atoms with E-state index in [-0.39, 0.29) is 11.8 Å². The van der Waals surface area contributed by atoms with Gasteiger partial charge in [0.1, 0.15) is 0 Å². The summed E-state index contributed by atoms with van der Waals surface area (Å²) in [5.41, 5.74) is 2.18. The van der Waals surface area contributed by atoms with E-state index in [4.69, 9.17) is 4.74 Å². The van der Waals surface area contributed by atoms with Crippen LogP contribution in [0.2, 0.25) is 0 Å². The highest BCUT2D eigenvalue weighted by molar-refractivity contribution is 6.30. The van der Waals surface area contributed by atoms with E-state index in [0.717, 1.165) is 32.0 Å². The fourth-order valence-electron chi connectivity index (χ4n) is 2.47. The smallest absolute Gasteiger partial charge is 0.261 e. The van der Waals surface area contributed by atoms with Crippen molar-refractivity contribution in [2.75, 3.05) is 36.1 Å². The quantitative estimate of drug-likeness (QED) is 0.762. The van der Waals surface area contributed by atoms with Gasteiger partial charge in [-0.2, -0.15) is 0 Å². The number of hydrogen-bond donors (Lipinski definition) is 0. The fraction of sp³-hybridized carbons (Fsp3) is 0.333. The molecule has 0 N–H and O–H groups in total. The number of hydrogen-bond acceptors (Lipinski definition) is 4. The largest absolute Gasteiger partial charge is 0.378 e. The number of ether oxygens (including phenoxy) is 1. The summed E-state index contributed by atoms with van der Waals surface area (Å²) in [6.45, 7) is 4.84. The van der Waals surface area contributed by atoms with E-state index in [2.05, 4.69) is 4.90 Å². The second-order valence-corrected chi connectivity index (χ2v) is 4.92. The molecule has 0 spiro atoms. The highest BCUT2D eigenvalue weighted by Gasteiger charge is 2.29. The van der Waals surface area contributed by atoms with Gasteiger partial charge in [-0.05, 0) is 31.2 Å². The third-order valence-electron chi connectivity index (χ3n) is 3.58. The van der Waals surface area contributed by atoms with E-state index in [1.807, 2.05) is 24.3 Å². The molecule has 2 aliphatic rings. The van der Waals surface area contributed by atoms with Gasteiger partial charge < -0.3 is 9.64 Å². The monoisotopic (exact) mass is 272 g/mol. The molecule has 1 aromatic rings. The molecule has 0 atom stereocenters. The minimum Gasteiger partial charge on any atom is -0.378 e. The molecule has 2 amide bonds. The zero-order chi connectivity index (χ0) is 14.1. The van der Waals surface area contributed by atoms with Crippen molar-refractivity contribution in [1.82, 2.24) is 0 Å². The normalized spacial score (nSPS) is 19.6. The van der Waals surface area contributed by atoms with E-state index in [9.17, 15) is 9.59 Å². The number of amides is 2. The van der Waals surface area contributed by atoms with Gasteiger partial charge >= 0.3 is 0 Å². The van der Waals surface area contributed by atoms with Gasteiger partial charge in [-0.1, -0.05) is 0 Å². The molecule has 0 aromatic heterocycles. The Morgan fingerprint density at radius 3 is 2.15 bits per heavy atom. The molecule has 2 heterocycles. The summed E-state index contributed by atoms with van der Waals surface area (Å²) < 4.78 is 5.32. The Morgan fingerprint density at radius 2 is 1.60 bits per heavy atom. The highest BCUT2D eigenvalue weighted by atomic mass is 16.5. The van der Waals surface area contributed by atoms with E-state index < -0.39 is 0 Å². The van der Waals surface area contributed by atoms with Crippen molar-refractivity contribution >= 4 is 23.2 Å². The van der Waals surface area contributed by atoms with Crippen LogP contribution < -0.4 is 9.80 Å². The summed E-state index contributed by atoms with van der Waals surface area (Å²) in [6, 6.07) is 7.50. The molecule has 0 radical (unpaired) electrons. The van der Waals surface area contributed by atoms with Crippen LogP contribution in [0.5, 0.6) is 0 Å². The standard InChI is InChI=1S/C15H16N2O3/c1-11-10-14(18)17(15(11)19)13-4-2-12(3-5-13)16-6-8-20-9-7-16/h2-5,10H,6-9H2,1H3. The Morgan fingerprint density at radius 1 is 1.00 bits per heavy atom.